The van der Waals surface area contributed by atoms with Crippen molar-refractivity contribution >= 4 is 29.2 Å². The Hall–Kier alpha value is -3.15. The topological polar surface area (TPSA) is 69.7 Å². The maximum Gasteiger partial charge on any atom is 0.332 e. The Balaban J connectivity index is 1.56. The summed E-state index contributed by atoms with van der Waals surface area (Å²) in [6, 6.07) is 14.0. The number of aryl methyl sites for hydroxylation is 2. The Morgan fingerprint density at radius 3 is 2.42 bits per heavy atom. The van der Waals surface area contributed by atoms with Gasteiger partial charge in [-0.1, -0.05) is 44.0 Å². The second-order valence-corrected chi connectivity index (χ2v) is 8.46. The van der Waals surface area contributed by atoms with Crippen LogP contribution in [0.2, 0.25) is 0 Å². The fourth-order valence-corrected chi connectivity index (χ4v) is 4.61. The SMILES string of the molecule is CCc1ccc(NC(=O)C[C@H]2C(=O)N(c3cccc(C)c3)C(=O)N2C2CCCC2)cc1. The van der Waals surface area contributed by atoms with Gasteiger partial charge in [0.1, 0.15) is 6.04 Å². The fourth-order valence-electron chi connectivity index (χ4n) is 4.61. The molecule has 1 saturated carbocycles. The lowest BCUT2D eigenvalue weighted by molar-refractivity contribution is -0.124. The highest BCUT2D eigenvalue weighted by atomic mass is 16.2. The van der Waals surface area contributed by atoms with Crippen molar-refractivity contribution < 1.29 is 14.4 Å². The van der Waals surface area contributed by atoms with Gasteiger partial charge in [0.25, 0.3) is 5.91 Å². The zero-order valence-corrected chi connectivity index (χ0v) is 18.1. The van der Waals surface area contributed by atoms with Gasteiger partial charge in [0.05, 0.1) is 12.1 Å². The van der Waals surface area contributed by atoms with E-state index in [4.69, 9.17) is 0 Å². The van der Waals surface area contributed by atoms with Gasteiger partial charge in [0.2, 0.25) is 5.91 Å². The molecule has 4 rings (SSSR count). The minimum Gasteiger partial charge on any atom is -0.326 e. The molecule has 0 spiro atoms. The Kier molecular flexibility index (Phi) is 6.07. The second kappa shape index (κ2) is 8.92. The van der Waals surface area contributed by atoms with Crippen molar-refractivity contribution in [2.45, 2.75) is 64.5 Å². The van der Waals surface area contributed by atoms with Gasteiger partial charge in [0, 0.05) is 11.7 Å². The normalized spacial score (nSPS) is 19.4. The van der Waals surface area contributed by atoms with Gasteiger partial charge >= 0.3 is 6.03 Å². The van der Waals surface area contributed by atoms with Gasteiger partial charge in [-0.15, -0.1) is 0 Å². The summed E-state index contributed by atoms with van der Waals surface area (Å²) in [5.74, 6) is -0.580. The van der Waals surface area contributed by atoms with Crippen molar-refractivity contribution in [3.63, 3.8) is 0 Å². The van der Waals surface area contributed by atoms with E-state index in [-0.39, 0.29) is 30.3 Å². The van der Waals surface area contributed by atoms with E-state index in [1.54, 1.807) is 11.0 Å². The summed E-state index contributed by atoms with van der Waals surface area (Å²) in [4.78, 5) is 42.4. The third-order valence-corrected chi connectivity index (χ3v) is 6.26. The number of rotatable bonds is 6. The first kappa shape index (κ1) is 21.1. The van der Waals surface area contributed by atoms with E-state index in [2.05, 4.69) is 12.2 Å². The summed E-state index contributed by atoms with van der Waals surface area (Å²) in [7, 11) is 0. The Bertz CT molecular complexity index is 980. The lowest BCUT2D eigenvalue weighted by Crippen LogP contribution is -2.43. The van der Waals surface area contributed by atoms with Crippen LogP contribution in [0.15, 0.2) is 48.5 Å². The van der Waals surface area contributed by atoms with E-state index in [1.807, 2.05) is 49.4 Å². The zero-order chi connectivity index (χ0) is 22.0. The van der Waals surface area contributed by atoms with Crippen LogP contribution in [-0.4, -0.2) is 34.8 Å². The van der Waals surface area contributed by atoms with Crippen LogP contribution in [0.1, 0.15) is 50.2 Å². The number of benzene rings is 2. The maximum atomic E-state index is 13.3. The number of amides is 4. The zero-order valence-electron chi connectivity index (χ0n) is 18.1. The number of nitrogens with zero attached hydrogens (tertiary/aromatic N) is 2. The lowest BCUT2D eigenvalue weighted by atomic mass is 10.1. The fraction of sp³-hybridized carbons (Fsp3) is 0.400. The van der Waals surface area contributed by atoms with E-state index in [9.17, 15) is 14.4 Å². The van der Waals surface area contributed by atoms with E-state index >= 15 is 0 Å². The molecule has 1 N–H and O–H groups in total. The standard InChI is InChI=1S/C25H29N3O3/c1-3-18-11-13-19(14-12-18)26-23(29)16-22-24(30)28(21-10-6-7-17(2)15-21)25(31)27(22)20-8-4-5-9-20/h6-7,10-15,20,22H,3-5,8-9,16H2,1-2H3,(H,26,29)/t22-/m0/s1. The van der Waals surface area contributed by atoms with Gasteiger partial charge < -0.3 is 10.2 Å². The van der Waals surface area contributed by atoms with Gasteiger partial charge in [-0.25, -0.2) is 9.69 Å². The predicted octanol–water partition coefficient (Wildman–Crippen LogP) is 4.67. The van der Waals surface area contributed by atoms with Crippen molar-refractivity contribution in [2.75, 3.05) is 10.2 Å². The Morgan fingerprint density at radius 2 is 1.77 bits per heavy atom. The molecule has 2 aromatic carbocycles. The number of hydrogen-bond donors (Lipinski definition) is 1. The Labute approximate surface area is 183 Å². The molecule has 1 atom stereocenters. The van der Waals surface area contributed by atoms with Crippen LogP contribution >= 0.6 is 0 Å². The second-order valence-electron chi connectivity index (χ2n) is 8.46. The monoisotopic (exact) mass is 419 g/mol. The smallest absolute Gasteiger partial charge is 0.326 e. The van der Waals surface area contributed by atoms with Crippen molar-refractivity contribution in [1.82, 2.24) is 4.90 Å². The molecule has 4 amide bonds. The summed E-state index contributed by atoms with van der Waals surface area (Å²) in [6.07, 6.45) is 4.71. The summed E-state index contributed by atoms with van der Waals surface area (Å²) in [5, 5.41) is 2.88. The summed E-state index contributed by atoms with van der Waals surface area (Å²) >= 11 is 0. The summed E-state index contributed by atoms with van der Waals surface area (Å²) in [6.45, 7) is 4.01. The number of anilines is 2. The minimum atomic E-state index is -0.772. The van der Waals surface area contributed by atoms with Crippen LogP contribution in [0.4, 0.5) is 16.2 Å². The molecule has 0 radical (unpaired) electrons. The molecular weight excluding hydrogens is 390 g/mol. The highest BCUT2D eigenvalue weighted by Crippen LogP contribution is 2.34. The quantitative estimate of drug-likeness (QED) is 0.692. The highest BCUT2D eigenvalue weighted by Gasteiger charge is 2.49. The third kappa shape index (κ3) is 4.33. The molecule has 0 bridgehead atoms. The van der Waals surface area contributed by atoms with E-state index in [0.717, 1.165) is 37.7 Å². The number of carbonyl (C=O) groups is 3. The minimum absolute atomic E-state index is 0.00731. The maximum absolute atomic E-state index is 13.3. The molecular formula is C25H29N3O3. The van der Waals surface area contributed by atoms with Gasteiger partial charge in [0.15, 0.2) is 0 Å². The average Bonchev–Trinajstić information content (AvgIpc) is 3.35. The number of urea groups is 1. The van der Waals surface area contributed by atoms with Crippen LogP contribution in [0.5, 0.6) is 0 Å². The van der Waals surface area contributed by atoms with E-state index in [1.165, 1.54) is 10.5 Å². The molecule has 31 heavy (non-hydrogen) atoms. The van der Waals surface area contributed by atoms with Crippen molar-refractivity contribution in [3.05, 3.63) is 59.7 Å². The molecule has 1 aliphatic heterocycles. The van der Waals surface area contributed by atoms with Crippen LogP contribution in [-0.2, 0) is 16.0 Å². The molecule has 1 saturated heterocycles. The molecule has 1 heterocycles. The van der Waals surface area contributed by atoms with Crippen molar-refractivity contribution in [1.29, 1.82) is 0 Å². The molecule has 0 aromatic heterocycles. The molecule has 1 aliphatic carbocycles. The molecule has 2 fully saturated rings. The molecule has 2 aliphatic rings. The summed E-state index contributed by atoms with van der Waals surface area (Å²) < 4.78 is 0. The van der Waals surface area contributed by atoms with Crippen LogP contribution in [0, 0.1) is 6.92 Å². The number of carbonyl (C=O) groups excluding carboxylic acids is 3. The van der Waals surface area contributed by atoms with Gasteiger partial charge in [-0.2, -0.15) is 0 Å². The van der Waals surface area contributed by atoms with Gasteiger partial charge in [-0.3, -0.25) is 9.59 Å². The van der Waals surface area contributed by atoms with E-state index < -0.39 is 6.04 Å². The first-order chi connectivity index (χ1) is 15.0. The molecule has 6 heteroatoms. The first-order valence-electron chi connectivity index (χ1n) is 11.1. The van der Waals surface area contributed by atoms with Gasteiger partial charge in [-0.05, 0) is 61.6 Å². The molecule has 162 valence electrons. The number of imide groups is 1. The van der Waals surface area contributed by atoms with E-state index in [0.29, 0.717) is 11.4 Å². The third-order valence-electron chi connectivity index (χ3n) is 6.26. The molecule has 0 unspecified atom stereocenters. The lowest BCUT2D eigenvalue weighted by Gasteiger charge is -2.27. The first-order valence-corrected chi connectivity index (χ1v) is 11.1. The van der Waals surface area contributed by atoms with Crippen LogP contribution in [0.25, 0.3) is 0 Å². The van der Waals surface area contributed by atoms with Crippen LogP contribution in [0.3, 0.4) is 0 Å². The Morgan fingerprint density at radius 1 is 1.06 bits per heavy atom. The van der Waals surface area contributed by atoms with Crippen molar-refractivity contribution in [2.24, 2.45) is 0 Å². The number of hydrogen-bond acceptors (Lipinski definition) is 3. The largest absolute Gasteiger partial charge is 0.332 e. The summed E-state index contributed by atoms with van der Waals surface area (Å²) in [5.41, 5.74) is 3.43. The molecule has 6 nitrogen and oxygen atoms in total. The molecule has 2 aromatic rings. The number of nitrogens with one attached hydrogen (secondary N) is 1. The highest BCUT2D eigenvalue weighted by molar-refractivity contribution is 6.22. The predicted molar refractivity (Wildman–Crippen MR) is 121 cm³/mol. The van der Waals surface area contributed by atoms with Crippen molar-refractivity contribution in [3.8, 4) is 0 Å². The average molecular weight is 420 g/mol. The van der Waals surface area contributed by atoms with Crippen LogP contribution < -0.4 is 10.2 Å².